The van der Waals surface area contributed by atoms with Crippen molar-refractivity contribution in [2.24, 2.45) is 0 Å². The Morgan fingerprint density at radius 3 is 2.46 bits per heavy atom. The zero-order chi connectivity index (χ0) is 9.73. The summed E-state index contributed by atoms with van der Waals surface area (Å²) in [6, 6.07) is 0. The predicted octanol–water partition coefficient (Wildman–Crippen LogP) is 0.415. The molecule has 0 aromatic rings. The van der Waals surface area contributed by atoms with Crippen LogP contribution in [0.3, 0.4) is 0 Å². The molecule has 1 aliphatic rings. The molecule has 1 saturated heterocycles. The minimum Gasteiger partial charge on any atom is -0.376 e. The van der Waals surface area contributed by atoms with Crippen LogP contribution < -0.4 is 0 Å². The van der Waals surface area contributed by atoms with E-state index in [0.29, 0.717) is 0 Å². The number of hydrogen-bond donors (Lipinski definition) is 0. The molecule has 0 atom stereocenters. The lowest BCUT2D eigenvalue weighted by Crippen LogP contribution is -2.57. The first kappa shape index (κ1) is 11.0. The number of likely N-dealkylation sites (N-methyl/N-ethyl adjacent to an activating group) is 2. The van der Waals surface area contributed by atoms with Crippen LogP contribution in [0.1, 0.15) is 6.92 Å². The Bertz CT molecular complexity index is 142. The van der Waals surface area contributed by atoms with Gasteiger partial charge in [0.2, 0.25) is 0 Å². The Balaban J connectivity index is 2.22. The molecule has 3 nitrogen and oxygen atoms in total. The van der Waals surface area contributed by atoms with Gasteiger partial charge in [0.15, 0.2) is 0 Å². The summed E-state index contributed by atoms with van der Waals surface area (Å²) in [7, 11) is 4.54. The molecular formula is C10H23N2O+. The lowest BCUT2D eigenvalue weighted by molar-refractivity contribution is -0.913. The molecule has 1 fully saturated rings. The Labute approximate surface area is 81.9 Å². The van der Waals surface area contributed by atoms with Crippen molar-refractivity contribution in [2.75, 3.05) is 60.0 Å². The third kappa shape index (κ3) is 3.63. The molecule has 0 aromatic carbocycles. The lowest BCUT2D eigenvalue weighted by Gasteiger charge is -2.40. The zero-order valence-corrected chi connectivity index (χ0v) is 9.25. The summed E-state index contributed by atoms with van der Waals surface area (Å²) in [4.78, 5) is 2.40. The second-order valence-electron chi connectivity index (χ2n) is 4.29. The maximum atomic E-state index is 5.40. The van der Waals surface area contributed by atoms with Gasteiger partial charge < -0.3 is 9.22 Å². The van der Waals surface area contributed by atoms with Crippen molar-refractivity contribution in [3.8, 4) is 0 Å². The Kier molecular flexibility index (Phi) is 4.16. The number of rotatable bonds is 4. The normalized spacial score (nSPS) is 23.3. The molecule has 0 aromatic heterocycles. The highest BCUT2D eigenvalue weighted by Gasteiger charge is 2.26. The topological polar surface area (TPSA) is 12.5 Å². The van der Waals surface area contributed by atoms with E-state index < -0.39 is 0 Å². The average Bonchev–Trinajstić information content (AvgIpc) is 2.12. The molecule has 3 heteroatoms. The average molecular weight is 187 g/mol. The van der Waals surface area contributed by atoms with Gasteiger partial charge in [0.1, 0.15) is 6.54 Å². The molecule has 0 amide bonds. The largest absolute Gasteiger partial charge is 0.376 e. The highest BCUT2D eigenvalue weighted by atomic mass is 16.5. The monoisotopic (exact) mass is 187 g/mol. The van der Waals surface area contributed by atoms with Crippen LogP contribution in [-0.4, -0.2) is 69.4 Å². The van der Waals surface area contributed by atoms with Gasteiger partial charge in [-0.3, -0.25) is 4.90 Å². The van der Waals surface area contributed by atoms with Gasteiger partial charge in [-0.2, -0.15) is 0 Å². The number of nitrogens with zero attached hydrogens (tertiary/aromatic N) is 2. The molecule has 13 heavy (non-hydrogen) atoms. The van der Waals surface area contributed by atoms with E-state index in [2.05, 4.69) is 25.9 Å². The second-order valence-corrected chi connectivity index (χ2v) is 4.29. The van der Waals surface area contributed by atoms with E-state index in [-0.39, 0.29) is 0 Å². The van der Waals surface area contributed by atoms with Crippen LogP contribution in [0.2, 0.25) is 0 Å². The van der Waals surface area contributed by atoms with Gasteiger partial charge in [-0.1, -0.05) is 0 Å². The Morgan fingerprint density at radius 1 is 1.31 bits per heavy atom. The van der Waals surface area contributed by atoms with Crippen molar-refractivity contribution in [3.63, 3.8) is 0 Å². The van der Waals surface area contributed by atoms with Crippen molar-refractivity contribution in [1.82, 2.24) is 4.90 Å². The van der Waals surface area contributed by atoms with E-state index in [4.69, 9.17) is 4.74 Å². The van der Waals surface area contributed by atoms with Crippen LogP contribution >= 0.6 is 0 Å². The second kappa shape index (κ2) is 4.94. The maximum Gasteiger partial charge on any atom is 0.102 e. The molecule has 0 aliphatic carbocycles. The van der Waals surface area contributed by atoms with Crippen LogP contribution in [0.4, 0.5) is 0 Å². The van der Waals surface area contributed by atoms with Gasteiger partial charge in [0.25, 0.3) is 0 Å². The summed E-state index contributed by atoms with van der Waals surface area (Å²) in [5, 5.41) is 0. The fraction of sp³-hybridized carbons (Fsp3) is 1.00. The highest BCUT2D eigenvalue weighted by molar-refractivity contribution is 4.57. The van der Waals surface area contributed by atoms with Gasteiger partial charge in [-0.15, -0.1) is 0 Å². The molecule has 1 heterocycles. The number of hydrogen-bond acceptors (Lipinski definition) is 2. The van der Waals surface area contributed by atoms with Crippen LogP contribution in [0, 0.1) is 0 Å². The molecule has 0 spiro atoms. The van der Waals surface area contributed by atoms with Crippen molar-refractivity contribution in [3.05, 3.63) is 0 Å². The third-order valence-electron chi connectivity index (χ3n) is 3.02. The SMILES string of the molecule is CCOCC[N+]1(C)CCN(C)CC1. The number of piperazine rings is 1. The summed E-state index contributed by atoms with van der Waals surface area (Å²) < 4.78 is 6.58. The van der Waals surface area contributed by atoms with Crippen molar-refractivity contribution in [1.29, 1.82) is 0 Å². The standard InChI is InChI=1S/C10H23N2O/c1-4-13-10-9-12(3)7-5-11(2)6-8-12/h4-10H2,1-3H3/q+1. The lowest BCUT2D eigenvalue weighted by atomic mass is 10.3. The molecule has 78 valence electrons. The first-order valence-electron chi connectivity index (χ1n) is 5.26. The molecule has 1 rings (SSSR count). The minimum absolute atomic E-state index is 0.847. The summed E-state index contributed by atoms with van der Waals surface area (Å²) in [5.41, 5.74) is 0. The quantitative estimate of drug-likeness (QED) is 0.467. The third-order valence-corrected chi connectivity index (χ3v) is 3.02. The summed E-state index contributed by atoms with van der Waals surface area (Å²) >= 11 is 0. The molecular weight excluding hydrogens is 164 g/mol. The highest BCUT2D eigenvalue weighted by Crippen LogP contribution is 2.07. The summed E-state index contributed by atoms with van der Waals surface area (Å²) in [6.07, 6.45) is 0. The van der Waals surface area contributed by atoms with Gasteiger partial charge in [-0.05, 0) is 14.0 Å². The van der Waals surface area contributed by atoms with E-state index in [0.717, 1.165) is 13.2 Å². The molecule has 1 aliphatic heterocycles. The molecule has 0 saturated carbocycles. The molecule has 0 unspecified atom stereocenters. The van der Waals surface area contributed by atoms with E-state index in [1.807, 2.05) is 0 Å². The van der Waals surface area contributed by atoms with Gasteiger partial charge in [0, 0.05) is 19.7 Å². The molecule has 0 bridgehead atoms. The van der Waals surface area contributed by atoms with Gasteiger partial charge >= 0.3 is 0 Å². The van der Waals surface area contributed by atoms with Gasteiger partial charge in [-0.25, -0.2) is 0 Å². The fourth-order valence-corrected chi connectivity index (χ4v) is 1.70. The first-order chi connectivity index (χ1) is 6.16. The maximum absolute atomic E-state index is 5.40. The zero-order valence-electron chi connectivity index (χ0n) is 9.25. The minimum atomic E-state index is 0.847. The molecule has 0 N–H and O–H groups in total. The number of quaternary nitrogens is 1. The first-order valence-corrected chi connectivity index (χ1v) is 5.26. The number of ether oxygens (including phenoxy) is 1. The van der Waals surface area contributed by atoms with Gasteiger partial charge in [0.05, 0.1) is 26.7 Å². The van der Waals surface area contributed by atoms with Crippen LogP contribution in [-0.2, 0) is 4.74 Å². The van der Waals surface area contributed by atoms with Crippen molar-refractivity contribution in [2.45, 2.75) is 6.92 Å². The Morgan fingerprint density at radius 2 is 1.92 bits per heavy atom. The van der Waals surface area contributed by atoms with Crippen LogP contribution in [0.25, 0.3) is 0 Å². The van der Waals surface area contributed by atoms with Crippen LogP contribution in [0.5, 0.6) is 0 Å². The van der Waals surface area contributed by atoms with Crippen molar-refractivity contribution >= 4 is 0 Å². The van der Waals surface area contributed by atoms with E-state index in [1.165, 1.54) is 37.2 Å². The molecule has 0 radical (unpaired) electrons. The van der Waals surface area contributed by atoms with E-state index in [1.54, 1.807) is 0 Å². The van der Waals surface area contributed by atoms with E-state index in [9.17, 15) is 0 Å². The Hall–Kier alpha value is -0.120. The summed E-state index contributed by atoms with van der Waals surface area (Å²) in [6.45, 7) is 9.97. The predicted molar refractivity (Wildman–Crippen MR) is 54.8 cm³/mol. The fourth-order valence-electron chi connectivity index (χ4n) is 1.70. The smallest absolute Gasteiger partial charge is 0.102 e. The van der Waals surface area contributed by atoms with Crippen LogP contribution in [0.15, 0.2) is 0 Å². The van der Waals surface area contributed by atoms with E-state index >= 15 is 0 Å². The van der Waals surface area contributed by atoms with Crippen molar-refractivity contribution < 1.29 is 9.22 Å². The summed E-state index contributed by atoms with van der Waals surface area (Å²) in [5.74, 6) is 0.